The molecule has 1 radical (unpaired) electrons. The fourth-order valence-electron chi connectivity index (χ4n) is 1.68. The summed E-state index contributed by atoms with van der Waals surface area (Å²) in [6.45, 7) is 0. The van der Waals surface area contributed by atoms with Crippen LogP contribution in [0.25, 0.3) is 0 Å². The van der Waals surface area contributed by atoms with Crippen molar-refractivity contribution in [3.05, 3.63) is 97.8 Å². The van der Waals surface area contributed by atoms with Gasteiger partial charge in [0.1, 0.15) is 0 Å². The van der Waals surface area contributed by atoms with Crippen LogP contribution in [0.2, 0.25) is 0 Å². The summed E-state index contributed by atoms with van der Waals surface area (Å²) in [6.07, 6.45) is 2.36. The summed E-state index contributed by atoms with van der Waals surface area (Å²) in [6, 6.07) is 0. The van der Waals surface area contributed by atoms with Crippen molar-refractivity contribution < 1.29 is 103 Å². The van der Waals surface area contributed by atoms with Crippen LogP contribution < -0.4 is 49.1 Å². The molecule has 0 spiro atoms. The van der Waals surface area contributed by atoms with Gasteiger partial charge in [0, 0.05) is 18.6 Å². The van der Waals surface area contributed by atoms with Gasteiger partial charge in [-0.05, 0) is 0 Å². The smallest absolute Gasteiger partial charge is 0.545 e. The third-order valence-electron chi connectivity index (χ3n) is 3.12. The predicted molar refractivity (Wildman–Crippen MR) is 121 cm³/mol. The second kappa shape index (κ2) is 23.7. The Morgan fingerprint density at radius 3 is 0.775 bits per heavy atom. The number of carboxylic acids is 3. The molecule has 0 aliphatic carbocycles. The third kappa shape index (κ3) is 16.4. The summed E-state index contributed by atoms with van der Waals surface area (Å²) in [5.41, 5.74) is -6.92. The van der Waals surface area contributed by atoms with Crippen molar-refractivity contribution in [3.8, 4) is 0 Å². The Morgan fingerprint density at radius 1 is 0.475 bits per heavy atom. The first-order valence-corrected chi connectivity index (χ1v) is 7.93. The zero-order chi connectivity index (χ0) is 25.3. The first-order valence-electron chi connectivity index (χ1n) is 7.93. The molecule has 0 fully saturated rings. The van der Waals surface area contributed by atoms with E-state index in [0.717, 1.165) is 18.6 Å². The summed E-state index contributed by atoms with van der Waals surface area (Å²) in [5.74, 6) is -4.87. The van der Waals surface area contributed by atoms with Crippen LogP contribution in [0.15, 0.2) is 47.4 Å². The molecule has 0 amide bonds. The zero-order valence-electron chi connectivity index (χ0n) is 19.4. The Morgan fingerprint density at radius 2 is 0.650 bits per heavy atom. The average Bonchev–Trinajstić information content (AvgIpc) is 2.68. The molecule has 0 aliphatic rings. The third-order valence-corrected chi connectivity index (χ3v) is 3.12. The average molecular weight is 721 g/mol. The van der Waals surface area contributed by atoms with Crippen LogP contribution >= 0.6 is 0 Å². The Labute approximate surface area is 248 Å². The van der Waals surface area contributed by atoms with Crippen molar-refractivity contribution >= 4 is 17.9 Å². The number of rotatable bonds is 3. The largest absolute Gasteiger partial charge is 3.00 e. The van der Waals surface area contributed by atoms with Crippen LogP contribution in [-0.4, -0.2) is 64.2 Å². The maximum Gasteiger partial charge on any atom is 3.00 e. The number of aromatic amines is 6. The summed E-state index contributed by atoms with van der Waals surface area (Å²) in [5, 5.41) is 30.2. The van der Waals surface area contributed by atoms with Crippen LogP contribution in [0, 0.1) is 40.8 Å². The summed E-state index contributed by atoms with van der Waals surface area (Å²) >= 11 is 0. The number of aromatic nitrogens is 6. The standard InChI is InChI=1S/3C5H4N2O4.Nd.6H2O/c3*8-3-2(4(9)10)1-6-5(11)7-3;;;;;;;/h3*1H,(H,9,10)(H2,6,7,8,11);;6*1H2/q;;;+3;;;;;;. The Balaban J connectivity index is -0.0000000751. The number of hydrogen-bond donors (Lipinski definition) is 6. The number of aromatic carboxylic acids is 3. The van der Waals surface area contributed by atoms with E-state index >= 15 is 0 Å². The van der Waals surface area contributed by atoms with Crippen LogP contribution in [0.1, 0.15) is 31.1 Å². The molecule has 0 atom stereocenters. The quantitative estimate of drug-likeness (QED) is 0.137. The van der Waals surface area contributed by atoms with Crippen LogP contribution in [-0.2, 0) is 16.4 Å². The van der Waals surface area contributed by atoms with Gasteiger partial charge in [-0.15, -0.1) is 0 Å². The molecular formula is C15H24N6NdO18+3. The van der Waals surface area contributed by atoms with Crippen molar-refractivity contribution in [3.63, 3.8) is 0 Å². The second-order valence-corrected chi connectivity index (χ2v) is 5.32. The molecule has 0 unspecified atom stereocenters. The number of nitrogens with one attached hydrogen (secondary N) is 6. The van der Waals surface area contributed by atoms with Gasteiger partial charge in [0.15, 0.2) is 0 Å². The Bertz CT molecular complexity index is 1360. The minimum atomic E-state index is -1.62. The predicted octanol–water partition coefficient (Wildman–Crippen LogP) is -13.0. The topological polar surface area (TPSA) is 511 Å². The van der Waals surface area contributed by atoms with E-state index in [4.69, 9.17) is 0 Å². The minimum absolute atomic E-state index is 0. The number of carbonyl (C=O) groups excluding carboxylic acids is 3. The maximum atomic E-state index is 10.6. The molecule has 0 bridgehead atoms. The van der Waals surface area contributed by atoms with E-state index < -0.39 is 68.3 Å². The minimum Gasteiger partial charge on any atom is -0.545 e. The van der Waals surface area contributed by atoms with Crippen LogP contribution in [0.4, 0.5) is 0 Å². The number of carbonyl (C=O) groups is 3. The molecule has 0 aromatic carbocycles. The van der Waals surface area contributed by atoms with Gasteiger partial charge in [0.2, 0.25) is 0 Å². The number of hydrogen-bond acceptors (Lipinski definition) is 12. The van der Waals surface area contributed by atoms with E-state index in [0.29, 0.717) is 0 Å². The van der Waals surface area contributed by atoms with Crippen molar-refractivity contribution in [2.24, 2.45) is 0 Å². The first-order chi connectivity index (χ1) is 15.3. The zero-order valence-corrected chi connectivity index (χ0v) is 22.6. The van der Waals surface area contributed by atoms with Crippen molar-refractivity contribution in [1.29, 1.82) is 0 Å². The Hall–Kier alpha value is -4.44. The van der Waals surface area contributed by atoms with Gasteiger partial charge in [-0.1, -0.05) is 0 Å². The first kappa shape index (κ1) is 52.1. The monoisotopic (exact) mass is 718 g/mol. The fraction of sp³-hybridized carbons (Fsp3) is 0. The SMILES string of the molecule is O.O.O.O=C([O-])c1c[nH]c(=O)[nH]c1=O.O=C([O-])c1c[nH]c(=O)[nH]c1=O.O=C([O-])c1c[nH]c(=O)[nH]c1=O.[Nd+3].[OH3+].[OH3+].[OH3+]. The van der Waals surface area contributed by atoms with Gasteiger partial charge in [-0.3, -0.25) is 29.3 Å². The maximum absolute atomic E-state index is 10.6. The molecule has 3 heterocycles. The van der Waals surface area contributed by atoms with Crippen molar-refractivity contribution in [1.82, 2.24) is 29.9 Å². The van der Waals surface area contributed by atoms with E-state index in [2.05, 4.69) is 0 Å². The molecule has 0 saturated heterocycles. The molecule has 0 aliphatic heterocycles. The molecule has 223 valence electrons. The molecule has 21 N–H and O–H groups in total. The molecule has 3 aromatic rings. The molecule has 24 nitrogen and oxygen atoms in total. The van der Waals surface area contributed by atoms with Gasteiger partial charge in [-0.2, -0.15) is 0 Å². The summed E-state index contributed by atoms with van der Waals surface area (Å²) < 4.78 is 0. The van der Waals surface area contributed by atoms with Crippen LogP contribution in [0.5, 0.6) is 0 Å². The molecule has 0 saturated carbocycles. The van der Waals surface area contributed by atoms with Gasteiger partial charge >= 0.3 is 57.9 Å². The van der Waals surface area contributed by atoms with Gasteiger partial charge in [0.05, 0.1) is 34.6 Å². The Kier molecular flexibility index (Phi) is 30.8. The van der Waals surface area contributed by atoms with Gasteiger partial charge in [-0.25, -0.2) is 14.4 Å². The second-order valence-electron chi connectivity index (χ2n) is 5.32. The molecule has 25 heteroatoms. The summed E-state index contributed by atoms with van der Waals surface area (Å²) in [4.78, 5) is 104. The van der Waals surface area contributed by atoms with E-state index in [1.807, 2.05) is 15.0 Å². The summed E-state index contributed by atoms with van der Waals surface area (Å²) in [7, 11) is 0. The van der Waals surface area contributed by atoms with Crippen LogP contribution in [0.3, 0.4) is 0 Å². The fourth-order valence-corrected chi connectivity index (χ4v) is 1.68. The normalized spacial score (nSPS) is 7.80. The van der Waals surface area contributed by atoms with Gasteiger partial charge < -0.3 is 77.5 Å². The van der Waals surface area contributed by atoms with Crippen molar-refractivity contribution in [2.75, 3.05) is 0 Å². The molecule has 3 aromatic heterocycles. The van der Waals surface area contributed by atoms with Crippen molar-refractivity contribution in [2.45, 2.75) is 0 Å². The number of carboxylic acid groups (broad SMARTS) is 3. The van der Waals surface area contributed by atoms with E-state index in [1.165, 1.54) is 0 Å². The van der Waals surface area contributed by atoms with E-state index in [1.54, 1.807) is 15.0 Å². The molecular weight excluding hydrogens is 696 g/mol. The molecule has 40 heavy (non-hydrogen) atoms. The van der Waals surface area contributed by atoms with E-state index in [9.17, 15) is 58.5 Å². The van der Waals surface area contributed by atoms with E-state index in [-0.39, 0.29) is 73.7 Å². The van der Waals surface area contributed by atoms with Gasteiger partial charge in [0.25, 0.3) is 16.7 Å². The molecule has 3 rings (SSSR count). The number of H-pyrrole nitrogens is 6.